The first kappa shape index (κ1) is 19.1. The molecule has 27 heavy (non-hydrogen) atoms. The Labute approximate surface area is 163 Å². The van der Waals surface area contributed by atoms with Gasteiger partial charge >= 0.3 is 0 Å². The zero-order valence-electron chi connectivity index (χ0n) is 15.6. The average Bonchev–Trinajstić information content (AvgIpc) is 3.10. The van der Waals surface area contributed by atoms with Crippen molar-refractivity contribution in [3.63, 3.8) is 0 Å². The molecule has 0 aliphatic rings. The Morgan fingerprint density at radius 3 is 2.59 bits per heavy atom. The predicted molar refractivity (Wildman–Crippen MR) is 109 cm³/mol. The van der Waals surface area contributed by atoms with Crippen molar-refractivity contribution >= 4 is 23.4 Å². The Bertz CT molecular complexity index is 877. The van der Waals surface area contributed by atoms with Crippen molar-refractivity contribution in [3.05, 3.63) is 54.2 Å². The highest BCUT2D eigenvalue weighted by molar-refractivity contribution is 7.99. The highest BCUT2D eigenvalue weighted by Crippen LogP contribution is 2.23. The first-order chi connectivity index (χ1) is 13.2. The number of hydrogen-bond acceptors (Lipinski definition) is 5. The van der Waals surface area contributed by atoms with Crippen molar-refractivity contribution in [1.29, 1.82) is 0 Å². The number of amides is 1. The SMILES string of the molecule is CCCn1c(SCC(=O)Nc2ccc(CC)cc2)nnc1-c1ccccn1. The Balaban J connectivity index is 1.66. The molecule has 0 unspecified atom stereocenters. The van der Waals surface area contributed by atoms with Crippen LogP contribution in [0.25, 0.3) is 11.5 Å². The number of rotatable bonds is 8. The molecule has 2 aromatic heterocycles. The minimum Gasteiger partial charge on any atom is -0.325 e. The lowest BCUT2D eigenvalue weighted by Gasteiger charge is -2.09. The molecule has 140 valence electrons. The van der Waals surface area contributed by atoms with Gasteiger partial charge in [0.2, 0.25) is 5.91 Å². The topological polar surface area (TPSA) is 72.7 Å². The fourth-order valence-electron chi connectivity index (χ4n) is 2.66. The van der Waals surface area contributed by atoms with E-state index in [1.165, 1.54) is 17.3 Å². The van der Waals surface area contributed by atoms with Gasteiger partial charge in [-0.05, 0) is 42.7 Å². The summed E-state index contributed by atoms with van der Waals surface area (Å²) in [6.45, 7) is 4.99. The van der Waals surface area contributed by atoms with Gasteiger partial charge in [0.15, 0.2) is 11.0 Å². The second kappa shape index (κ2) is 9.32. The Kier molecular flexibility index (Phi) is 6.59. The fourth-order valence-corrected chi connectivity index (χ4v) is 3.42. The molecule has 0 bridgehead atoms. The molecule has 0 spiro atoms. The van der Waals surface area contributed by atoms with Crippen LogP contribution >= 0.6 is 11.8 Å². The lowest BCUT2D eigenvalue weighted by Crippen LogP contribution is -2.14. The number of carbonyl (C=O) groups excluding carboxylic acids is 1. The first-order valence-corrected chi connectivity index (χ1v) is 10.1. The molecule has 0 fully saturated rings. The van der Waals surface area contributed by atoms with Gasteiger partial charge in [0, 0.05) is 18.4 Å². The van der Waals surface area contributed by atoms with E-state index in [4.69, 9.17) is 0 Å². The van der Waals surface area contributed by atoms with Gasteiger partial charge in [-0.3, -0.25) is 9.78 Å². The van der Waals surface area contributed by atoms with Crippen LogP contribution in [-0.2, 0) is 17.8 Å². The number of pyridine rings is 1. The summed E-state index contributed by atoms with van der Waals surface area (Å²) in [6.07, 6.45) is 3.67. The molecule has 0 aliphatic heterocycles. The van der Waals surface area contributed by atoms with Crippen molar-refractivity contribution in [3.8, 4) is 11.5 Å². The standard InChI is InChI=1S/C20H23N5OS/c1-3-13-25-19(17-7-5-6-12-21-17)23-24-20(25)27-14-18(26)22-16-10-8-15(4-2)9-11-16/h5-12H,3-4,13-14H2,1-2H3,(H,22,26). The van der Waals surface area contributed by atoms with Gasteiger partial charge in [0.25, 0.3) is 0 Å². The molecule has 0 saturated heterocycles. The lowest BCUT2D eigenvalue weighted by molar-refractivity contribution is -0.113. The Morgan fingerprint density at radius 2 is 1.93 bits per heavy atom. The summed E-state index contributed by atoms with van der Waals surface area (Å²) in [5.41, 5.74) is 2.84. The highest BCUT2D eigenvalue weighted by Gasteiger charge is 2.15. The Morgan fingerprint density at radius 1 is 1.11 bits per heavy atom. The normalized spacial score (nSPS) is 10.7. The molecule has 1 amide bonds. The smallest absolute Gasteiger partial charge is 0.234 e. The fraction of sp³-hybridized carbons (Fsp3) is 0.300. The molecular weight excluding hydrogens is 358 g/mol. The van der Waals surface area contributed by atoms with Crippen LogP contribution in [-0.4, -0.2) is 31.4 Å². The summed E-state index contributed by atoms with van der Waals surface area (Å²) in [6, 6.07) is 13.6. The molecular formula is C20H23N5OS. The second-order valence-corrected chi connectivity index (χ2v) is 7.00. The van der Waals surface area contributed by atoms with Gasteiger partial charge in [-0.15, -0.1) is 10.2 Å². The summed E-state index contributed by atoms with van der Waals surface area (Å²) in [5, 5.41) is 12.2. The van der Waals surface area contributed by atoms with Gasteiger partial charge in [-0.1, -0.05) is 43.8 Å². The Hall–Kier alpha value is -2.67. The number of benzene rings is 1. The van der Waals surface area contributed by atoms with Crippen molar-refractivity contribution in [1.82, 2.24) is 19.7 Å². The summed E-state index contributed by atoms with van der Waals surface area (Å²) in [7, 11) is 0. The van der Waals surface area contributed by atoms with Gasteiger partial charge in [-0.25, -0.2) is 0 Å². The maximum absolute atomic E-state index is 12.3. The van der Waals surface area contributed by atoms with E-state index in [-0.39, 0.29) is 11.7 Å². The average molecular weight is 382 g/mol. The van der Waals surface area contributed by atoms with Crippen molar-refractivity contribution in [2.24, 2.45) is 0 Å². The number of nitrogens with zero attached hydrogens (tertiary/aromatic N) is 4. The molecule has 0 aliphatic carbocycles. The molecule has 2 heterocycles. The lowest BCUT2D eigenvalue weighted by atomic mass is 10.1. The van der Waals surface area contributed by atoms with Crippen LogP contribution in [0.2, 0.25) is 0 Å². The van der Waals surface area contributed by atoms with E-state index in [2.05, 4.69) is 34.3 Å². The number of thioether (sulfide) groups is 1. The van der Waals surface area contributed by atoms with E-state index in [0.29, 0.717) is 0 Å². The van der Waals surface area contributed by atoms with Crippen LogP contribution in [0.1, 0.15) is 25.8 Å². The van der Waals surface area contributed by atoms with Crippen LogP contribution in [0, 0.1) is 0 Å². The summed E-state index contributed by atoms with van der Waals surface area (Å²) < 4.78 is 2.02. The van der Waals surface area contributed by atoms with E-state index in [9.17, 15) is 4.79 Å². The molecule has 7 heteroatoms. The molecule has 0 atom stereocenters. The zero-order valence-corrected chi connectivity index (χ0v) is 16.4. The largest absolute Gasteiger partial charge is 0.325 e. The third-order valence-electron chi connectivity index (χ3n) is 4.04. The number of carbonyl (C=O) groups is 1. The number of anilines is 1. The molecule has 0 radical (unpaired) electrons. The first-order valence-electron chi connectivity index (χ1n) is 9.07. The third kappa shape index (κ3) is 4.95. The predicted octanol–water partition coefficient (Wildman–Crippen LogP) is 4.04. The van der Waals surface area contributed by atoms with Crippen molar-refractivity contribution in [2.45, 2.75) is 38.4 Å². The second-order valence-electron chi connectivity index (χ2n) is 6.06. The van der Waals surface area contributed by atoms with Crippen molar-refractivity contribution in [2.75, 3.05) is 11.1 Å². The number of hydrogen-bond donors (Lipinski definition) is 1. The van der Waals surface area contributed by atoms with E-state index in [0.717, 1.165) is 41.7 Å². The van der Waals surface area contributed by atoms with Crippen LogP contribution in [0.5, 0.6) is 0 Å². The van der Waals surface area contributed by atoms with Crippen molar-refractivity contribution < 1.29 is 4.79 Å². The van der Waals surface area contributed by atoms with Gasteiger partial charge in [0.05, 0.1) is 5.75 Å². The zero-order chi connectivity index (χ0) is 19.1. The highest BCUT2D eigenvalue weighted by atomic mass is 32.2. The van der Waals surface area contributed by atoms with Gasteiger partial charge in [-0.2, -0.15) is 0 Å². The van der Waals surface area contributed by atoms with E-state index < -0.39 is 0 Å². The van der Waals surface area contributed by atoms with Crippen LogP contribution in [0.3, 0.4) is 0 Å². The van der Waals surface area contributed by atoms with Gasteiger partial charge in [0.1, 0.15) is 5.69 Å². The number of aryl methyl sites for hydroxylation is 1. The molecule has 3 aromatic rings. The third-order valence-corrected chi connectivity index (χ3v) is 5.00. The number of nitrogens with one attached hydrogen (secondary N) is 1. The molecule has 0 saturated carbocycles. The maximum Gasteiger partial charge on any atom is 0.234 e. The molecule has 1 N–H and O–H groups in total. The quantitative estimate of drug-likeness (QED) is 0.596. The minimum atomic E-state index is -0.0605. The molecule has 6 nitrogen and oxygen atoms in total. The molecule has 3 rings (SSSR count). The van der Waals surface area contributed by atoms with E-state index in [1.807, 2.05) is 47.0 Å². The monoisotopic (exact) mass is 381 g/mol. The summed E-state index contributed by atoms with van der Waals surface area (Å²) >= 11 is 1.39. The van der Waals surface area contributed by atoms with E-state index in [1.54, 1.807) is 6.20 Å². The summed E-state index contributed by atoms with van der Waals surface area (Å²) in [5.74, 6) is 0.949. The minimum absolute atomic E-state index is 0.0605. The molecule has 1 aromatic carbocycles. The maximum atomic E-state index is 12.3. The van der Waals surface area contributed by atoms with Crippen LogP contribution in [0.4, 0.5) is 5.69 Å². The number of aromatic nitrogens is 4. The van der Waals surface area contributed by atoms with Crippen LogP contribution < -0.4 is 5.32 Å². The van der Waals surface area contributed by atoms with Crippen LogP contribution in [0.15, 0.2) is 53.8 Å². The summed E-state index contributed by atoms with van der Waals surface area (Å²) in [4.78, 5) is 16.6. The van der Waals surface area contributed by atoms with Gasteiger partial charge < -0.3 is 9.88 Å². The van der Waals surface area contributed by atoms with E-state index >= 15 is 0 Å².